The van der Waals surface area contributed by atoms with Gasteiger partial charge in [-0.05, 0) is 44.0 Å². The summed E-state index contributed by atoms with van der Waals surface area (Å²) in [6, 6.07) is 3.75. The van der Waals surface area contributed by atoms with Gasteiger partial charge in [0.1, 0.15) is 0 Å². The molecule has 0 radical (unpaired) electrons. The fourth-order valence-electron chi connectivity index (χ4n) is 3.16. The molecule has 0 aliphatic carbocycles. The fraction of sp³-hybridized carbons (Fsp3) is 0.500. The molecule has 2 aromatic heterocycles. The summed E-state index contributed by atoms with van der Waals surface area (Å²) in [5.74, 6) is 0.576. The largest absolute Gasteiger partial charge is 0.420 e. The maximum Gasteiger partial charge on any atom is 0.420 e. The zero-order chi connectivity index (χ0) is 14.9. The topological polar surface area (TPSA) is 80.5 Å². The number of aromatic nitrogens is 2. The zero-order valence-corrected chi connectivity index (χ0v) is 12.7. The van der Waals surface area contributed by atoms with Crippen LogP contribution in [0.3, 0.4) is 0 Å². The number of piperidine rings is 3. The molecule has 3 saturated heterocycles. The molecule has 0 saturated carbocycles. The maximum absolute atomic E-state index is 12.4. The van der Waals surface area contributed by atoms with Crippen molar-refractivity contribution >= 4 is 17.2 Å². The lowest BCUT2D eigenvalue weighted by atomic mass is 9.84. The van der Waals surface area contributed by atoms with E-state index in [0.29, 0.717) is 15.9 Å². The van der Waals surface area contributed by atoms with Crippen molar-refractivity contribution in [3.63, 3.8) is 0 Å². The van der Waals surface area contributed by atoms with Gasteiger partial charge in [0, 0.05) is 12.6 Å². The molecular weight excluding hydrogens is 304 g/mol. The van der Waals surface area contributed by atoms with Gasteiger partial charge >= 0.3 is 6.08 Å². The molecule has 0 unspecified atom stereocenters. The number of amides is 1. The van der Waals surface area contributed by atoms with Crippen LogP contribution in [0, 0.1) is 5.92 Å². The molecule has 3 fully saturated rings. The van der Waals surface area contributed by atoms with Crippen LogP contribution in [0.5, 0.6) is 11.1 Å². The first-order valence-electron chi connectivity index (χ1n) is 7.35. The van der Waals surface area contributed by atoms with Crippen molar-refractivity contribution in [3.8, 4) is 11.1 Å². The summed E-state index contributed by atoms with van der Waals surface area (Å²) in [6.45, 7) is 3.30. The molecule has 116 valence electrons. The smallest absolute Gasteiger partial charge is 0.399 e. The number of carbonyl (C=O) groups is 1. The molecule has 1 N–H and O–H groups in total. The molecule has 2 aromatic rings. The Morgan fingerprint density at radius 3 is 2.95 bits per heavy atom. The number of carbonyl (C=O) groups excluding carboxylic acids is 1. The van der Waals surface area contributed by atoms with E-state index in [-0.39, 0.29) is 18.0 Å². The molecule has 22 heavy (non-hydrogen) atoms. The summed E-state index contributed by atoms with van der Waals surface area (Å²) in [4.78, 5) is 15.4. The molecular formula is C14H16N4O3S. The van der Waals surface area contributed by atoms with Crippen molar-refractivity contribution in [3.05, 3.63) is 23.4 Å². The number of nitrogens with zero attached hydrogens (tertiary/aromatic N) is 3. The minimum atomic E-state index is -0.0378. The first-order valence-corrected chi connectivity index (χ1v) is 8.16. The lowest BCUT2D eigenvalue weighted by molar-refractivity contribution is 0.0622. The van der Waals surface area contributed by atoms with Gasteiger partial charge in [-0.3, -0.25) is 4.79 Å². The maximum atomic E-state index is 12.4. The molecule has 8 heteroatoms. The van der Waals surface area contributed by atoms with Crippen molar-refractivity contribution in [2.75, 3.05) is 19.6 Å². The zero-order valence-electron chi connectivity index (χ0n) is 11.9. The summed E-state index contributed by atoms with van der Waals surface area (Å²) in [6.07, 6.45) is 3.64. The predicted octanol–water partition coefficient (Wildman–Crippen LogP) is 1.75. The van der Waals surface area contributed by atoms with Gasteiger partial charge in [0.15, 0.2) is 5.06 Å². The van der Waals surface area contributed by atoms with Gasteiger partial charge in [-0.1, -0.05) is 16.4 Å². The Morgan fingerprint density at radius 1 is 1.41 bits per heavy atom. The summed E-state index contributed by atoms with van der Waals surface area (Å²) in [7, 11) is 0. The first kappa shape index (κ1) is 13.7. The SMILES string of the molecule is O=C(N[C@H]1CN2CCC1CC2)c1ccc(Oc2nnco2)s1. The minimum Gasteiger partial charge on any atom is -0.399 e. The second-order valence-electron chi connectivity index (χ2n) is 5.64. The predicted molar refractivity (Wildman–Crippen MR) is 79.1 cm³/mol. The highest BCUT2D eigenvalue weighted by Gasteiger charge is 2.35. The van der Waals surface area contributed by atoms with Gasteiger partial charge in [0.25, 0.3) is 5.91 Å². The Hall–Kier alpha value is -1.93. The lowest BCUT2D eigenvalue weighted by Gasteiger charge is -2.44. The van der Waals surface area contributed by atoms with Crippen LogP contribution in [-0.4, -0.2) is 46.7 Å². The second kappa shape index (κ2) is 5.69. The Bertz CT molecular complexity index is 649. The average molecular weight is 320 g/mol. The molecule has 0 spiro atoms. The van der Waals surface area contributed by atoms with Crippen LogP contribution in [0.1, 0.15) is 22.5 Å². The van der Waals surface area contributed by atoms with E-state index in [2.05, 4.69) is 20.4 Å². The molecule has 3 aliphatic rings. The normalized spacial score (nSPS) is 26.8. The van der Waals surface area contributed by atoms with Crippen molar-refractivity contribution in [1.82, 2.24) is 20.4 Å². The van der Waals surface area contributed by atoms with Crippen LogP contribution in [0.4, 0.5) is 0 Å². The summed E-state index contributed by atoms with van der Waals surface area (Å²) >= 11 is 1.27. The Labute approximate surface area is 131 Å². The van der Waals surface area contributed by atoms with Crippen molar-refractivity contribution in [2.24, 2.45) is 5.92 Å². The highest BCUT2D eigenvalue weighted by Crippen LogP contribution is 2.30. The second-order valence-corrected chi connectivity index (χ2v) is 6.69. The molecule has 7 nitrogen and oxygen atoms in total. The number of hydrogen-bond donors (Lipinski definition) is 1. The third-order valence-electron chi connectivity index (χ3n) is 4.31. The molecule has 5 heterocycles. The number of hydrogen-bond acceptors (Lipinski definition) is 7. The summed E-state index contributed by atoms with van der Waals surface area (Å²) < 4.78 is 10.3. The van der Waals surface area contributed by atoms with E-state index >= 15 is 0 Å². The number of rotatable bonds is 4. The van der Waals surface area contributed by atoms with E-state index in [4.69, 9.17) is 9.15 Å². The van der Waals surface area contributed by atoms with Gasteiger partial charge < -0.3 is 19.4 Å². The average Bonchev–Trinajstić information content (AvgIpc) is 3.21. The fourth-order valence-corrected chi connectivity index (χ4v) is 3.91. The van der Waals surface area contributed by atoms with Gasteiger partial charge in [0.05, 0.1) is 4.88 Å². The Kier molecular flexibility index (Phi) is 3.55. The minimum absolute atomic E-state index is 0.0378. The Balaban J connectivity index is 1.39. The van der Waals surface area contributed by atoms with E-state index < -0.39 is 0 Å². The van der Waals surface area contributed by atoms with Gasteiger partial charge in [-0.25, -0.2) is 0 Å². The highest BCUT2D eigenvalue weighted by molar-refractivity contribution is 7.15. The van der Waals surface area contributed by atoms with Crippen molar-refractivity contribution < 1.29 is 13.9 Å². The van der Waals surface area contributed by atoms with E-state index in [1.165, 1.54) is 30.6 Å². The third-order valence-corrected chi connectivity index (χ3v) is 5.27. The van der Waals surface area contributed by atoms with Crippen LogP contribution in [0.2, 0.25) is 0 Å². The van der Waals surface area contributed by atoms with Crippen LogP contribution >= 0.6 is 11.3 Å². The summed E-state index contributed by atoms with van der Waals surface area (Å²) in [5, 5.41) is 10.9. The van der Waals surface area contributed by atoms with E-state index in [0.717, 1.165) is 19.6 Å². The van der Waals surface area contributed by atoms with E-state index in [9.17, 15) is 4.79 Å². The summed E-state index contributed by atoms with van der Waals surface area (Å²) in [5.41, 5.74) is 0. The monoisotopic (exact) mass is 320 g/mol. The molecule has 1 amide bonds. The first-order chi connectivity index (χ1) is 10.8. The van der Waals surface area contributed by atoms with Crippen LogP contribution in [-0.2, 0) is 0 Å². The van der Waals surface area contributed by atoms with Crippen molar-refractivity contribution in [2.45, 2.75) is 18.9 Å². The standard InChI is InChI=1S/C14H16N4O3S/c19-13(16-10-7-18-5-3-9(10)4-6-18)11-1-2-12(22-11)21-14-17-15-8-20-14/h1-2,8-10H,3-7H2,(H,16,19)/t10-/m0/s1. The number of thiophene rings is 1. The van der Waals surface area contributed by atoms with Gasteiger partial charge in [-0.2, -0.15) is 0 Å². The van der Waals surface area contributed by atoms with Crippen LogP contribution in [0.15, 0.2) is 22.9 Å². The van der Waals surface area contributed by atoms with E-state index in [1.54, 1.807) is 12.1 Å². The molecule has 5 rings (SSSR count). The van der Waals surface area contributed by atoms with Crippen LogP contribution < -0.4 is 10.1 Å². The van der Waals surface area contributed by atoms with E-state index in [1.807, 2.05) is 0 Å². The molecule has 2 bridgehead atoms. The quantitative estimate of drug-likeness (QED) is 0.924. The van der Waals surface area contributed by atoms with Crippen molar-refractivity contribution in [1.29, 1.82) is 0 Å². The third kappa shape index (κ3) is 2.71. The lowest BCUT2D eigenvalue weighted by Crippen LogP contribution is -2.57. The van der Waals surface area contributed by atoms with Crippen LogP contribution in [0.25, 0.3) is 0 Å². The Morgan fingerprint density at radius 2 is 2.27 bits per heavy atom. The molecule has 0 aromatic carbocycles. The van der Waals surface area contributed by atoms with Gasteiger partial charge in [-0.15, -0.1) is 5.10 Å². The number of fused-ring (bicyclic) bond motifs is 3. The highest BCUT2D eigenvalue weighted by atomic mass is 32.1. The number of nitrogens with one attached hydrogen (secondary N) is 1. The molecule has 1 atom stereocenters. The molecule has 3 aliphatic heterocycles. The van der Waals surface area contributed by atoms with Gasteiger partial charge in [0.2, 0.25) is 6.39 Å². The number of ether oxygens (including phenoxy) is 1.